The lowest BCUT2D eigenvalue weighted by Gasteiger charge is -2.43. The second-order valence-corrected chi connectivity index (χ2v) is 9.37. The molecule has 0 spiro atoms. The Hall–Kier alpha value is -1.55. The van der Waals surface area contributed by atoms with Crippen molar-refractivity contribution in [2.75, 3.05) is 6.54 Å². The molecule has 0 saturated carbocycles. The van der Waals surface area contributed by atoms with Crippen molar-refractivity contribution in [2.24, 2.45) is 0 Å². The van der Waals surface area contributed by atoms with Crippen molar-refractivity contribution in [3.63, 3.8) is 0 Å². The van der Waals surface area contributed by atoms with Gasteiger partial charge in [0.2, 0.25) is 0 Å². The highest BCUT2D eigenvalue weighted by atomic mass is 35.5. The van der Waals surface area contributed by atoms with E-state index < -0.39 is 5.67 Å². The number of hydrogen-bond acceptors (Lipinski definition) is 1. The molecule has 0 radical (unpaired) electrons. The van der Waals surface area contributed by atoms with Crippen molar-refractivity contribution < 1.29 is 4.39 Å². The lowest BCUT2D eigenvalue weighted by molar-refractivity contribution is 0.0668. The minimum atomic E-state index is -1.33. The molecule has 1 N–H and O–H groups in total. The second-order valence-electron chi connectivity index (χ2n) is 8.55. The van der Waals surface area contributed by atoms with Gasteiger partial charge in [-0.2, -0.15) is 0 Å². The molecule has 0 unspecified atom stereocenters. The molecule has 0 fully saturated rings. The van der Waals surface area contributed by atoms with Gasteiger partial charge in [-0.25, -0.2) is 4.39 Å². The molecule has 5 heteroatoms. The molecule has 2 heterocycles. The SMILES string of the molecule is Cc1cc(Cl)c([C@@H]2c3[nH]c4ccccc4c3C[C@@H](C)N2CC(C)(C)F)c(Cl)c1. The molecule has 148 valence electrons. The van der Waals surface area contributed by atoms with Gasteiger partial charge < -0.3 is 4.98 Å². The Morgan fingerprint density at radius 2 is 1.82 bits per heavy atom. The Morgan fingerprint density at radius 3 is 2.46 bits per heavy atom. The zero-order valence-electron chi connectivity index (χ0n) is 16.6. The first-order valence-electron chi connectivity index (χ1n) is 9.65. The molecule has 1 aromatic heterocycles. The summed E-state index contributed by atoms with van der Waals surface area (Å²) in [5.74, 6) is 0. The number of benzene rings is 2. The van der Waals surface area contributed by atoms with Crippen LogP contribution in [-0.4, -0.2) is 28.1 Å². The number of aryl methyl sites for hydroxylation is 1. The highest BCUT2D eigenvalue weighted by Crippen LogP contribution is 2.45. The van der Waals surface area contributed by atoms with E-state index in [0.717, 1.165) is 28.8 Å². The third kappa shape index (κ3) is 3.45. The normalized spacial score (nSPS) is 20.5. The van der Waals surface area contributed by atoms with Crippen LogP contribution in [0.25, 0.3) is 10.9 Å². The Balaban J connectivity index is 1.98. The number of hydrogen-bond donors (Lipinski definition) is 1. The smallest absolute Gasteiger partial charge is 0.118 e. The first-order valence-corrected chi connectivity index (χ1v) is 10.4. The highest BCUT2D eigenvalue weighted by Gasteiger charge is 2.40. The summed E-state index contributed by atoms with van der Waals surface area (Å²) >= 11 is 13.4. The maximum absolute atomic E-state index is 14.8. The van der Waals surface area contributed by atoms with Crippen molar-refractivity contribution in [3.8, 4) is 0 Å². The fourth-order valence-electron chi connectivity index (χ4n) is 4.47. The maximum Gasteiger partial charge on any atom is 0.118 e. The van der Waals surface area contributed by atoms with Crippen LogP contribution < -0.4 is 0 Å². The van der Waals surface area contributed by atoms with Gasteiger partial charge in [-0.15, -0.1) is 0 Å². The van der Waals surface area contributed by atoms with Gasteiger partial charge in [-0.3, -0.25) is 4.90 Å². The minimum absolute atomic E-state index is 0.153. The molecule has 2 aromatic carbocycles. The molecular weight excluding hydrogens is 394 g/mol. The van der Waals surface area contributed by atoms with Gasteiger partial charge >= 0.3 is 0 Å². The number of alkyl halides is 1. The van der Waals surface area contributed by atoms with E-state index in [1.807, 2.05) is 25.1 Å². The van der Waals surface area contributed by atoms with E-state index in [2.05, 4.69) is 35.0 Å². The lowest BCUT2D eigenvalue weighted by atomic mass is 9.87. The van der Waals surface area contributed by atoms with Gasteiger partial charge in [0, 0.05) is 44.8 Å². The first kappa shape index (κ1) is 19.8. The summed E-state index contributed by atoms with van der Waals surface area (Å²) in [6.45, 7) is 7.67. The molecule has 2 nitrogen and oxygen atoms in total. The van der Waals surface area contributed by atoms with Crippen molar-refractivity contribution in [1.29, 1.82) is 0 Å². The quantitative estimate of drug-likeness (QED) is 0.491. The van der Waals surface area contributed by atoms with E-state index in [1.54, 1.807) is 13.8 Å². The number of H-pyrrole nitrogens is 1. The van der Waals surface area contributed by atoms with Crippen LogP contribution in [0.15, 0.2) is 36.4 Å². The van der Waals surface area contributed by atoms with Gasteiger partial charge in [0.05, 0.1) is 6.04 Å². The summed E-state index contributed by atoms with van der Waals surface area (Å²) in [7, 11) is 0. The average Bonchev–Trinajstić information content (AvgIpc) is 2.94. The first-order chi connectivity index (χ1) is 13.2. The zero-order valence-corrected chi connectivity index (χ0v) is 18.1. The van der Waals surface area contributed by atoms with Crippen LogP contribution in [-0.2, 0) is 6.42 Å². The highest BCUT2D eigenvalue weighted by molar-refractivity contribution is 6.36. The topological polar surface area (TPSA) is 19.0 Å². The molecule has 0 amide bonds. The molecule has 3 aromatic rings. The summed E-state index contributed by atoms with van der Waals surface area (Å²) in [4.78, 5) is 5.78. The number of nitrogens with zero attached hydrogens (tertiary/aromatic N) is 1. The summed E-state index contributed by atoms with van der Waals surface area (Å²) in [5.41, 5.74) is 3.95. The molecule has 0 saturated heterocycles. The Morgan fingerprint density at radius 1 is 1.18 bits per heavy atom. The van der Waals surface area contributed by atoms with Crippen LogP contribution in [0.3, 0.4) is 0 Å². The Labute approximate surface area is 175 Å². The lowest BCUT2D eigenvalue weighted by Crippen LogP contribution is -2.48. The zero-order chi connectivity index (χ0) is 20.2. The number of halogens is 3. The molecule has 2 atom stereocenters. The van der Waals surface area contributed by atoms with E-state index in [-0.39, 0.29) is 12.1 Å². The number of nitrogens with one attached hydrogen (secondary N) is 1. The van der Waals surface area contributed by atoms with Crippen molar-refractivity contribution in [1.82, 2.24) is 9.88 Å². The third-order valence-electron chi connectivity index (χ3n) is 5.57. The molecular formula is C23H25Cl2FN2. The molecule has 0 bridgehead atoms. The van der Waals surface area contributed by atoms with Gasteiger partial charge in [0.1, 0.15) is 5.67 Å². The van der Waals surface area contributed by atoms with Crippen LogP contribution >= 0.6 is 23.2 Å². The number of para-hydroxylation sites is 1. The van der Waals surface area contributed by atoms with Crippen LogP contribution in [0.4, 0.5) is 4.39 Å². The van der Waals surface area contributed by atoms with Crippen LogP contribution in [0.5, 0.6) is 0 Å². The van der Waals surface area contributed by atoms with Crippen molar-refractivity contribution >= 4 is 34.1 Å². The van der Waals surface area contributed by atoms with Crippen LogP contribution in [0, 0.1) is 6.92 Å². The summed E-state index contributed by atoms with van der Waals surface area (Å²) < 4.78 is 14.8. The van der Waals surface area contributed by atoms with Crippen LogP contribution in [0.1, 0.15) is 49.2 Å². The third-order valence-corrected chi connectivity index (χ3v) is 6.20. The predicted molar refractivity (Wildman–Crippen MR) is 116 cm³/mol. The van der Waals surface area contributed by atoms with Gasteiger partial charge in [-0.05, 0) is 63.4 Å². The number of fused-ring (bicyclic) bond motifs is 3. The van der Waals surface area contributed by atoms with E-state index in [4.69, 9.17) is 23.2 Å². The summed E-state index contributed by atoms with van der Waals surface area (Å²) in [6, 6.07) is 12.1. The minimum Gasteiger partial charge on any atom is -0.357 e. The monoisotopic (exact) mass is 418 g/mol. The Bertz CT molecular complexity index is 1010. The number of rotatable bonds is 3. The largest absolute Gasteiger partial charge is 0.357 e. The summed E-state index contributed by atoms with van der Waals surface area (Å²) in [5, 5.41) is 2.46. The van der Waals surface area contributed by atoms with E-state index in [0.29, 0.717) is 16.6 Å². The van der Waals surface area contributed by atoms with Gasteiger partial charge in [-0.1, -0.05) is 41.4 Å². The fraction of sp³-hybridized carbons (Fsp3) is 0.391. The standard InChI is InChI=1S/C23H25Cl2FN2/c1-13-9-17(24)20(18(25)10-13)22-21-16(15-7-5-6-8-19(15)27-21)11-14(2)28(22)12-23(3,4)26/h5-10,14,22,27H,11-12H2,1-4H3/t14-,22-/m1/s1. The van der Waals surface area contributed by atoms with E-state index >= 15 is 0 Å². The molecule has 1 aliphatic heterocycles. The summed E-state index contributed by atoms with van der Waals surface area (Å²) in [6.07, 6.45) is 0.854. The van der Waals surface area contributed by atoms with Gasteiger partial charge in [0.15, 0.2) is 0 Å². The number of aromatic nitrogens is 1. The van der Waals surface area contributed by atoms with E-state index in [9.17, 15) is 4.39 Å². The van der Waals surface area contributed by atoms with Gasteiger partial charge in [0.25, 0.3) is 0 Å². The Kier molecular flexibility index (Phi) is 4.97. The second kappa shape index (κ2) is 7.05. The predicted octanol–water partition coefficient (Wildman–Crippen LogP) is 6.87. The van der Waals surface area contributed by atoms with Crippen molar-refractivity contribution in [3.05, 3.63) is 68.8 Å². The maximum atomic E-state index is 14.8. The van der Waals surface area contributed by atoms with E-state index in [1.165, 1.54) is 10.9 Å². The molecule has 1 aliphatic rings. The van der Waals surface area contributed by atoms with Crippen LogP contribution in [0.2, 0.25) is 10.0 Å². The fourth-order valence-corrected chi connectivity index (χ4v) is 5.27. The molecule has 4 rings (SSSR count). The molecule has 28 heavy (non-hydrogen) atoms. The number of aromatic amines is 1. The van der Waals surface area contributed by atoms with Crippen molar-refractivity contribution in [2.45, 2.75) is 51.9 Å². The average molecular weight is 419 g/mol. The molecule has 0 aliphatic carbocycles.